The highest BCUT2D eigenvalue weighted by Crippen LogP contribution is 2.44. The minimum atomic E-state index is -0.211. The minimum Gasteiger partial charge on any atom is -0.507 e. The van der Waals surface area contributed by atoms with Gasteiger partial charge in [0.1, 0.15) is 11.6 Å². The third-order valence-electron chi connectivity index (χ3n) is 4.30. The molecule has 0 aliphatic heterocycles. The maximum Gasteiger partial charge on any atom is 0.302 e. The molecule has 0 saturated heterocycles. The smallest absolute Gasteiger partial charge is 0.302 e. The van der Waals surface area contributed by atoms with Crippen LogP contribution in [0.25, 0.3) is 11.1 Å². The maximum atomic E-state index is 14.3. The zero-order valence-electron chi connectivity index (χ0n) is 15.5. The fraction of sp³-hybridized carbons (Fsp3) is 0.381. The molecular formula is C21H26FNO3. The summed E-state index contributed by atoms with van der Waals surface area (Å²) in [6.45, 7) is 5.77. The SMILES string of the molecule is CCOC(C)=O.Cc1cccc(O)c1-c1cc(CN)c(F)c(C2CC2)c1. The van der Waals surface area contributed by atoms with Crippen molar-refractivity contribution in [1.82, 2.24) is 0 Å². The lowest BCUT2D eigenvalue weighted by atomic mass is 9.94. The Morgan fingerprint density at radius 2 is 2.04 bits per heavy atom. The quantitative estimate of drug-likeness (QED) is 0.793. The van der Waals surface area contributed by atoms with Crippen molar-refractivity contribution < 1.29 is 19.0 Å². The van der Waals surface area contributed by atoms with E-state index in [1.54, 1.807) is 19.1 Å². The van der Waals surface area contributed by atoms with E-state index in [-0.39, 0.29) is 24.1 Å². The Morgan fingerprint density at radius 3 is 2.50 bits per heavy atom. The first-order valence-electron chi connectivity index (χ1n) is 8.83. The van der Waals surface area contributed by atoms with Gasteiger partial charge in [0.15, 0.2) is 0 Å². The summed E-state index contributed by atoms with van der Waals surface area (Å²) in [6.07, 6.45) is 2.06. The van der Waals surface area contributed by atoms with E-state index in [0.29, 0.717) is 18.1 Å². The molecule has 2 aromatic carbocycles. The number of halogens is 1. The molecule has 26 heavy (non-hydrogen) atoms. The fourth-order valence-electron chi connectivity index (χ4n) is 2.92. The summed E-state index contributed by atoms with van der Waals surface area (Å²) in [7, 11) is 0. The van der Waals surface area contributed by atoms with Crippen molar-refractivity contribution in [1.29, 1.82) is 0 Å². The average molecular weight is 359 g/mol. The normalized spacial score (nSPS) is 13.0. The number of phenolic OH excluding ortho intramolecular Hbond substituents is 1. The number of aromatic hydroxyl groups is 1. The number of rotatable bonds is 4. The van der Waals surface area contributed by atoms with Crippen molar-refractivity contribution >= 4 is 5.97 Å². The second kappa shape index (κ2) is 8.81. The largest absolute Gasteiger partial charge is 0.507 e. The van der Waals surface area contributed by atoms with E-state index in [1.165, 1.54) is 6.92 Å². The van der Waals surface area contributed by atoms with Crippen LogP contribution in [0.1, 0.15) is 49.3 Å². The van der Waals surface area contributed by atoms with Gasteiger partial charge >= 0.3 is 5.97 Å². The van der Waals surface area contributed by atoms with Gasteiger partial charge in [-0.1, -0.05) is 12.1 Å². The van der Waals surface area contributed by atoms with Crippen molar-refractivity contribution in [2.45, 2.75) is 46.1 Å². The van der Waals surface area contributed by atoms with E-state index in [2.05, 4.69) is 4.74 Å². The maximum absolute atomic E-state index is 14.3. The third kappa shape index (κ3) is 4.82. The molecule has 1 aliphatic rings. The first-order chi connectivity index (χ1) is 12.4. The standard InChI is InChI=1S/C17H18FNO.C4H8O2/c1-10-3-2-4-15(20)16(10)12-7-13(9-19)17(18)14(8-12)11-5-6-11;1-3-6-4(2)5/h2-4,7-8,11,20H,5-6,9,19H2,1H3;3H2,1-2H3. The molecule has 1 aliphatic carbocycles. The van der Waals surface area contributed by atoms with Gasteiger partial charge in [-0.25, -0.2) is 4.39 Å². The second-order valence-electron chi connectivity index (χ2n) is 6.41. The number of benzene rings is 2. The monoisotopic (exact) mass is 359 g/mol. The number of esters is 1. The zero-order valence-corrected chi connectivity index (χ0v) is 15.5. The molecule has 4 nitrogen and oxygen atoms in total. The molecule has 0 bridgehead atoms. The molecule has 2 aromatic rings. The van der Waals surface area contributed by atoms with Gasteiger partial charge in [-0.15, -0.1) is 0 Å². The molecule has 0 radical (unpaired) electrons. The van der Waals surface area contributed by atoms with Gasteiger partial charge < -0.3 is 15.6 Å². The van der Waals surface area contributed by atoms with E-state index in [1.807, 2.05) is 25.1 Å². The highest BCUT2D eigenvalue weighted by atomic mass is 19.1. The number of carbonyl (C=O) groups is 1. The number of carbonyl (C=O) groups excluding carboxylic acids is 1. The van der Waals surface area contributed by atoms with Crippen molar-refractivity contribution in [2.24, 2.45) is 5.73 Å². The Balaban J connectivity index is 0.000000352. The van der Waals surface area contributed by atoms with Gasteiger partial charge in [-0.05, 0) is 67.5 Å². The lowest BCUT2D eigenvalue weighted by Gasteiger charge is -2.13. The Hall–Kier alpha value is -2.40. The van der Waals surface area contributed by atoms with Crippen LogP contribution in [-0.4, -0.2) is 17.7 Å². The molecule has 0 aromatic heterocycles. The van der Waals surface area contributed by atoms with Crippen molar-refractivity contribution in [2.75, 3.05) is 6.61 Å². The summed E-state index contributed by atoms with van der Waals surface area (Å²) in [6, 6.07) is 9.03. The Morgan fingerprint density at radius 1 is 1.35 bits per heavy atom. The number of hydrogen-bond acceptors (Lipinski definition) is 4. The lowest BCUT2D eigenvalue weighted by molar-refractivity contribution is -0.140. The van der Waals surface area contributed by atoms with Crippen LogP contribution in [0, 0.1) is 12.7 Å². The van der Waals surface area contributed by atoms with Crippen molar-refractivity contribution in [3.8, 4) is 16.9 Å². The van der Waals surface area contributed by atoms with Gasteiger partial charge in [0.05, 0.1) is 6.61 Å². The highest BCUT2D eigenvalue weighted by Gasteiger charge is 2.28. The molecule has 0 amide bonds. The first kappa shape index (κ1) is 19.9. The molecule has 0 atom stereocenters. The van der Waals surface area contributed by atoms with Gasteiger partial charge in [0.25, 0.3) is 0 Å². The van der Waals surface area contributed by atoms with E-state index in [9.17, 15) is 14.3 Å². The minimum absolute atomic E-state index is 0.173. The van der Waals surface area contributed by atoms with Crippen LogP contribution in [0.4, 0.5) is 4.39 Å². The van der Waals surface area contributed by atoms with E-state index in [0.717, 1.165) is 35.1 Å². The number of aryl methyl sites for hydroxylation is 1. The Kier molecular flexibility index (Phi) is 6.75. The predicted octanol–water partition coefficient (Wildman–Crippen LogP) is 4.41. The zero-order chi connectivity index (χ0) is 19.3. The van der Waals surface area contributed by atoms with Crippen LogP contribution < -0.4 is 5.73 Å². The number of ether oxygens (including phenoxy) is 1. The number of nitrogens with two attached hydrogens (primary N) is 1. The molecule has 5 heteroatoms. The van der Waals surface area contributed by atoms with Crippen LogP contribution in [0.2, 0.25) is 0 Å². The average Bonchev–Trinajstić information content (AvgIpc) is 3.41. The van der Waals surface area contributed by atoms with Crippen LogP contribution in [0.5, 0.6) is 5.75 Å². The van der Waals surface area contributed by atoms with Crippen LogP contribution in [0.15, 0.2) is 30.3 Å². The summed E-state index contributed by atoms with van der Waals surface area (Å²) < 4.78 is 18.7. The molecule has 1 saturated carbocycles. The van der Waals surface area contributed by atoms with Crippen molar-refractivity contribution in [3.63, 3.8) is 0 Å². The number of hydrogen-bond donors (Lipinski definition) is 2. The van der Waals surface area contributed by atoms with Gasteiger partial charge in [-0.2, -0.15) is 0 Å². The summed E-state index contributed by atoms with van der Waals surface area (Å²) in [5.74, 6) is 0.150. The van der Waals surface area contributed by atoms with E-state index in [4.69, 9.17) is 5.73 Å². The molecule has 0 unspecified atom stereocenters. The topological polar surface area (TPSA) is 72.5 Å². The van der Waals surface area contributed by atoms with Crippen LogP contribution in [0.3, 0.4) is 0 Å². The van der Waals surface area contributed by atoms with Crippen molar-refractivity contribution in [3.05, 3.63) is 52.8 Å². The van der Waals surface area contributed by atoms with Gasteiger partial charge in [0, 0.05) is 24.6 Å². The highest BCUT2D eigenvalue weighted by molar-refractivity contribution is 5.74. The molecule has 1 fully saturated rings. The second-order valence-corrected chi connectivity index (χ2v) is 6.41. The van der Waals surface area contributed by atoms with E-state index >= 15 is 0 Å². The predicted molar refractivity (Wildman–Crippen MR) is 100 cm³/mol. The molecule has 3 N–H and O–H groups in total. The summed E-state index contributed by atoms with van der Waals surface area (Å²) in [5, 5.41) is 10.1. The molecule has 140 valence electrons. The van der Waals surface area contributed by atoms with Gasteiger partial charge in [0.2, 0.25) is 0 Å². The lowest BCUT2D eigenvalue weighted by Crippen LogP contribution is -2.03. The van der Waals surface area contributed by atoms with Gasteiger partial charge in [-0.3, -0.25) is 4.79 Å². The van der Waals surface area contributed by atoms with E-state index < -0.39 is 0 Å². The fourth-order valence-corrected chi connectivity index (χ4v) is 2.92. The summed E-state index contributed by atoms with van der Waals surface area (Å²) in [5.41, 5.74) is 9.51. The summed E-state index contributed by atoms with van der Waals surface area (Å²) >= 11 is 0. The molecule has 0 heterocycles. The Bertz CT molecular complexity index is 765. The van der Waals surface area contributed by atoms with Crippen LogP contribution in [-0.2, 0) is 16.1 Å². The Labute approximate surface area is 153 Å². The molecule has 3 rings (SSSR count). The third-order valence-corrected chi connectivity index (χ3v) is 4.30. The summed E-state index contributed by atoms with van der Waals surface area (Å²) in [4.78, 5) is 9.82. The molecule has 0 spiro atoms. The first-order valence-corrected chi connectivity index (χ1v) is 8.83. The van der Waals surface area contributed by atoms with Crippen LogP contribution >= 0.6 is 0 Å². The molecular weight excluding hydrogens is 333 g/mol. The number of phenols is 1.